The normalized spacial score (nSPS) is 31.5. The van der Waals surface area contributed by atoms with Crippen LogP contribution >= 0.6 is 0 Å². The van der Waals surface area contributed by atoms with Gasteiger partial charge in [-0.3, -0.25) is 9.80 Å². The van der Waals surface area contributed by atoms with Crippen molar-refractivity contribution in [3.8, 4) is 0 Å². The number of hydrogen-bond donors (Lipinski definition) is 1. The molecule has 2 aliphatic rings. The minimum atomic E-state index is -0.480. The highest BCUT2D eigenvalue weighted by Crippen LogP contribution is 2.27. The van der Waals surface area contributed by atoms with E-state index >= 15 is 0 Å². The molecule has 0 bridgehead atoms. The third-order valence-corrected chi connectivity index (χ3v) is 4.50. The van der Waals surface area contributed by atoms with Crippen molar-refractivity contribution in [1.29, 1.82) is 0 Å². The number of rotatable bonds is 2. The maximum atomic E-state index is 13.7. The summed E-state index contributed by atoms with van der Waals surface area (Å²) in [5.74, 6) is -0.961. The molecule has 0 aliphatic carbocycles. The lowest BCUT2D eigenvalue weighted by Crippen LogP contribution is -2.54. The average molecular weight is 282 g/mol. The van der Waals surface area contributed by atoms with E-state index in [1.54, 1.807) is 0 Å². The molecule has 0 radical (unpaired) electrons. The first-order valence-electron chi connectivity index (χ1n) is 7.13. The maximum absolute atomic E-state index is 13.7. The van der Waals surface area contributed by atoms with Crippen LogP contribution in [-0.2, 0) is 6.54 Å². The highest BCUT2D eigenvalue weighted by molar-refractivity contribution is 5.20. The van der Waals surface area contributed by atoms with Crippen LogP contribution in [0.3, 0.4) is 0 Å². The summed E-state index contributed by atoms with van der Waals surface area (Å²) >= 11 is 0. The Morgan fingerprint density at radius 1 is 1.20 bits per heavy atom. The van der Waals surface area contributed by atoms with Gasteiger partial charge in [0.2, 0.25) is 0 Å². The van der Waals surface area contributed by atoms with Crippen molar-refractivity contribution < 1.29 is 13.9 Å². The predicted molar refractivity (Wildman–Crippen MR) is 72.2 cm³/mol. The van der Waals surface area contributed by atoms with Crippen LogP contribution in [0.1, 0.15) is 18.9 Å². The molecule has 2 fully saturated rings. The molecule has 3 atom stereocenters. The fraction of sp³-hybridized carbons (Fsp3) is 0.600. The lowest BCUT2D eigenvalue weighted by Gasteiger charge is -2.42. The van der Waals surface area contributed by atoms with E-state index in [1.807, 2.05) is 0 Å². The summed E-state index contributed by atoms with van der Waals surface area (Å²) in [6.07, 6.45) is 0.487. The third kappa shape index (κ3) is 2.57. The second kappa shape index (κ2) is 5.39. The van der Waals surface area contributed by atoms with E-state index < -0.39 is 11.6 Å². The first-order chi connectivity index (χ1) is 9.54. The fourth-order valence-electron chi connectivity index (χ4n) is 3.38. The smallest absolute Gasteiger partial charge is 0.130 e. The van der Waals surface area contributed by atoms with Crippen molar-refractivity contribution >= 4 is 0 Å². The van der Waals surface area contributed by atoms with Gasteiger partial charge < -0.3 is 5.11 Å². The molecule has 0 unspecified atom stereocenters. The lowest BCUT2D eigenvalue weighted by atomic mass is 10.1. The molecule has 1 N–H and O–H groups in total. The Labute approximate surface area is 117 Å². The molecular weight excluding hydrogens is 262 g/mol. The van der Waals surface area contributed by atoms with Gasteiger partial charge in [-0.1, -0.05) is 6.07 Å². The van der Waals surface area contributed by atoms with Gasteiger partial charge in [-0.05, 0) is 25.5 Å². The van der Waals surface area contributed by atoms with Crippen molar-refractivity contribution in [2.24, 2.45) is 0 Å². The summed E-state index contributed by atoms with van der Waals surface area (Å²) in [6, 6.07) is 4.53. The minimum Gasteiger partial charge on any atom is -0.392 e. The molecule has 0 aromatic heterocycles. The van der Waals surface area contributed by atoms with Crippen molar-refractivity contribution in [2.45, 2.75) is 38.1 Å². The molecule has 0 spiro atoms. The van der Waals surface area contributed by atoms with Crippen LogP contribution in [0.15, 0.2) is 18.2 Å². The number of piperazine rings is 1. The van der Waals surface area contributed by atoms with Gasteiger partial charge in [0.15, 0.2) is 0 Å². The van der Waals surface area contributed by atoms with Gasteiger partial charge in [0.25, 0.3) is 0 Å². The number of aliphatic hydroxyl groups is 1. The van der Waals surface area contributed by atoms with E-state index in [0.29, 0.717) is 12.6 Å². The van der Waals surface area contributed by atoms with Crippen molar-refractivity contribution in [1.82, 2.24) is 9.80 Å². The van der Waals surface area contributed by atoms with E-state index in [4.69, 9.17) is 0 Å². The Morgan fingerprint density at radius 2 is 1.90 bits per heavy atom. The maximum Gasteiger partial charge on any atom is 0.130 e. The second-order valence-corrected chi connectivity index (χ2v) is 5.98. The van der Waals surface area contributed by atoms with Crippen molar-refractivity contribution in [3.05, 3.63) is 35.4 Å². The summed E-state index contributed by atoms with van der Waals surface area (Å²) in [4.78, 5) is 4.39. The lowest BCUT2D eigenvalue weighted by molar-refractivity contribution is 0.0514. The molecule has 0 amide bonds. The first-order valence-corrected chi connectivity index (χ1v) is 7.13. The molecule has 3 rings (SSSR count). The van der Waals surface area contributed by atoms with Crippen LogP contribution in [0, 0.1) is 11.6 Å². The molecule has 2 heterocycles. The van der Waals surface area contributed by atoms with Crippen LogP contribution in [0.5, 0.6) is 0 Å². The van der Waals surface area contributed by atoms with E-state index in [2.05, 4.69) is 16.7 Å². The van der Waals surface area contributed by atoms with Gasteiger partial charge in [-0.15, -0.1) is 0 Å². The number of halogens is 2. The van der Waals surface area contributed by atoms with Gasteiger partial charge >= 0.3 is 0 Å². The number of fused-ring (bicyclic) bond motifs is 1. The fourth-order valence-corrected chi connectivity index (χ4v) is 3.38. The largest absolute Gasteiger partial charge is 0.392 e. The summed E-state index contributed by atoms with van der Waals surface area (Å²) < 4.78 is 27.5. The van der Waals surface area contributed by atoms with Gasteiger partial charge in [-0.25, -0.2) is 8.78 Å². The first kappa shape index (κ1) is 13.9. The topological polar surface area (TPSA) is 26.7 Å². The van der Waals surface area contributed by atoms with Crippen molar-refractivity contribution in [3.63, 3.8) is 0 Å². The highest BCUT2D eigenvalue weighted by Gasteiger charge is 2.38. The Hall–Kier alpha value is -1.04. The molecule has 0 saturated carbocycles. The van der Waals surface area contributed by atoms with E-state index in [-0.39, 0.29) is 17.7 Å². The molecule has 20 heavy (non-hydrogen) atoms. The van der Waals surface area contributed by atoms with E-state index in [9.17, 15) is 13.9 Å². The van der Waals surface area contributed by atoms with Crippen LogP contribution < -0.4 is 0 Å². The number of hydrogen-bond acceptors (Lipinski definition) is 3. The van der Waals surface area contributed by atoms with Gasteiger partial charge in [0, 0.05) is 43.8 Å². The summed E-state index contributed by atoms with van der Waals surface area (Å²) in [6.45, 7) is 4.68. The molecule has 1 aromatic rings. The minimum absolute atomic E-state index is 0.145. The van der Waals surface area contributed by atoms with E-state index in [1.165, 1.54) is 18.2 Å². The molecule has 2 saturated heterocycles. The molecule has 2 aliphatic heterocycles. The second-order valence-electron chi connectivity index (χ2n) is 5.98. The van der Waals surface area contributed by atoms with Crippen LogP contribution in [0.25, 0.3) is 0 Å². The van der Waals surface area contributed by atoms with E-state index in [0.717, 1.165) is 26.1 Å². The Kier molecular flexibility index (Phi) is 3.75. The van der Waals surface area contributed by atoms with Crippen LogP contribution in [-0.4, -0.2) is 52.7 Å². The van der Waals surface area contributed by atoms with Crippen LogP contribution in [0.4, 0.5) is 8.78 Å². The van der Waals surface area contributed by atoms with Gasteiger partial charge in [0.05, 0.1) is 6.10 Å². The van der Waals surface area contributed by atoms with Crippen molar-refractivity contribution in [2.75, 3.05) is 19.6 Å². The standard InChI is InChI=1S/C15H20F2N2O/c1-10-6-19-8-12(20)5-11(19)7-18(10)9-13-14(16)3-2-4-15(13)17/h2-4,10-12,20H,5-9H2,1H3/t10-,11+,12+/m0/s1. The highest BCUT2D eigenvalue weighted by atomic mass is 19.1. The zero-order valence-corrected chi connectivity index (χ0v) is 11.6. The summed E-state index contributed by atoms with van der Waals surface area (Å²) in [5, 5.41) is 9.73. The summed E-state index contributed by atoms with van der Waals surface area (Å²) in [7, 11) is 0. The van der Waals surface area contributed by atoms with Gasteiger partial charge in [0.1, 0.15) is 11.6 Å². The third-order valence-electron chi connectivity index (χ3n) is 4.50. The Bertz CT molecular complexity index is 477. The Morgan fingerprint density at radius 3 is 2.60 bits per heavy atom. The molecular formula is C15H20F2N2O. The monoisotopic (exact) mass is 282 g/mol. The quantitative estimate of drug-likeness (QED) is 0.892. The number of benzene rings is 1. The Balaban J connectivity index is 1.74. The predicted octanol–water partition coefficient (Wildman–Crippen LogP) is 1.60. The van der Waals surface area contributed by atoms with Crippen LogP contribution in [0.2, 0.25) is 0 Å². The zero-order valence-electron chi connectivity index (χ0n) is 11.6. The summed E-state index contributed by atoms with van der Waals surface area (Å²) in [5.41, 5.74) is 0.145. The number of aliphatic hydroxyl groups excluding tert-OH is 1. The molecule has 5 heteroatoms. The zero-order chi connectivity index (χ0) is 14.3. The molecule has 1 aromatic carbocycles. The van der Waals surface area contributed by atoms with Gasteiger partial charge in [-0.2, -0.15) is 0 Å². The SMILES string of the molecule is C[C@H]1CN2C[C@H](O)C[C@@H]2CN1Cc1c(F)cccc1F. The molecule has 110 valence electrons. The molecule has 3 nitrogen and oxygen atoms in total. The number of nitrogens with zero attached hydrogens (tertiary/aromatic N) is 2. The average Bonchev–Trinajstić information content (AvgIpc) is 2.73.